The number of benzene rings is 1. The van der Waals surface area contributed by atoms with Crippen LogP contribution in [0.3, 0.4) is 0 Å². The Morgan fingerprint density at radius 2 is 1.69 bits per heavy atom. The molecule has 84 valence electrons. The Kier molecular flexibility index (Phi) is 2.82. The van der Waals surface area contributed by atoms with Crippen LogP contribution in [0, 0.1) is 27.7 Å². The van der Waals surface area contributed by atoms with E-state index >= 15 is 0 Å². The number of aromatic nitrogens is 1. The number of hydrogen-bond donors (Lipinski definition) is 0. The van der Waals surface area contributed by atoms with Crippen molar-refractivity contribution in [3.05, 3.63) is 52.2 Å². The fourth-order valence-electron chi connectivity index (χ4n) is 2.12. The summed E-state index contributed by atoms with van der Waals surface area (Å²) in [5, 5.41) is 0. The minimum absolute atomic E-state index is 0.784. The molecule has 0 saturated carbocycles. The van der Waals surface area contributed by atoms with Gasteiger partial charge in [0.05, 0.1) is 6.20 Å². The van der Waals surface area contributed by atoms with Gasteiger partial charge >= 0.3 is 0 Å². The maximum Gasteiger partial charge on any atom is 0.198 e. The fraction of sp³-hybridized carbons (Fsp3) is 0.357. The number of rotatable bonds is 2. The standard InChI is InChI=1S/C14H17NO/c1-9-5-10(2)13(11(3)6-9)7-14-15-8-12(4)16-14/h5-6,8H,7H2,1-4H3. The summed E-state index contributed by atoms with van der Waals surface area (Å²) in [7, 11) is 0. The third-order valence-corrected chi connectivity index (χ3v) is 2.84. The van der Waals surface area contributed by atoms with Crippen LogP contribution in [0.4, 0.5) is 0 Å². The van der Waals surface area contributed by atoms with Gasteiger partial charge in [0.15, 0.2) is 5.89 Å². The van der Waals surface area contributed by atoms with E-state index in [2.05, 4.69) is 37.9 Å². The summed E-state index contributed by atoms with van der Waals surface area (Å²) >= 11 is 0. The van der Waals surface area contributed by atoms with Crippen molar-refractivity contribution in [3.8, 4) is 0 Å². The van der Waals surface area contributed by atoms with Crippen molar-refractivity contribution in [2.45, 2.75) is 34.1 Å². The number of oxazole rings is 1. The molecule has 2 rings (SSSR count). The van der Waals surface area contributed by atoms with E-state index in [-0.39, 0.29) is 0 Å². The smallest absolute Gasteiger partial charge is 0.198 e. The molecular formula is C14H17NO. The van der Waals surface area contributed by atoms with E-state index in [1.807, 2.05) is 6.92 Å². The molecular weight excluding hydrogens is 198 g/mol. The summed E-state index contributed by atoms with van der Waals surface area (Å²) in [5.74, 6) is 1.67. The summed E-state index contributed by atoms with van der Waals surface area (Å²) in [6.45, 7) is 8.33. The number of nitrogens with zero attached hydrogens (tertiary/aromatic N) is 1. The molecule has 0 amide bonds. The van der Waals surface area contributed by atoms with E-state index in [0.29, 0.717) is 0 Å². The second-order valence-electron chi connectivity index (χ2n) is 4.42. The Morgan fingerprint density at radius 3 is 2.19 bits per heavy atom. The van der Waals surface area contributed by atoms with Gasteiger partial charge in [0.1, 0.15) is 5.76 Å². The molecule has 0 bridgehead atoms. The van der Waals surface area contributed by atoms with Crippen LogP contribution >= 0.6 is 0 Å². The predicted octanol–water partition coefficient (Wildman–Crippen LogP) is 3.50. The molecule has 0 aliphatic carbocycles. The van der Waals surface area contributed by atoms with E-state index in [0.717, 1.165) is 18.1 Å². The first kappa shape index (κ1) is 10.9. The molecule has 2 nitrogen and oxygen atoms in total. The van der Waals surface area contributed by atoms with Gasteiger partial charge in [-0.25, -0.2) is 4.98 Å². The maximum atomic E-state index is 5.52. The maximum absolute atomic E-state index is 5.52. The second-order valence-corrected chi connectivity index (χ2v) is 4.42. The lowest BCUT2D eigenvalue weighted by atomic mass is 9.97. The summed E-state index contributed by atoms with van der Waals surface area (Å²) in [5.41, 5.74) is 5.26. The Balaban J connectivity index is 2.34. The lowest BCUT2D eigenvalue weighted by Crippen LogP contribution is -1.96. The van der Waals surface area contributed by atoms with Crippen LogP contribution in [0.15, 0.2) is 22.7 Å². The molecule has 0 spiro atoms. The Morgan fingerprint density at radius 1 is 1.06 bits per heavy atom. The van der Waals surface area contributed by atoms with Gasteiger partial charge in [0.2, 0.25) is 0 Å². The monoisotopic (exact) mass is 215 g/mol. The largest absolute Gasteiger partial charge is 0.446 e. The fourth-order valence-corrected chi connectivity index (χ4v) is 2.12. The van der Waals surface area contributed by atoms with Gasteiger partial charge in [0.25, 0.3) is 0 Å². The lowest BCUT2D eigenvalue weighted by Gasteiger charge is -2.09. The molecule has 0 aliphatic heterocycles. The van der Waals surface area contributed by atoms with Gasteiger partial charge in [-0.2, -0.15) is 0 Å². The van der Waals surface area contributed by atoms with Gasteiger partial charge in [-0.05, 0) is 44.4 Å². The zero-order chi connectivity index (χ0) is 11.7. The van der Waals surface area contributed by atoms with Gasteiger partial charge in [0, 0.05) is 6.42 Å². The Bertz CT molecular complexity index is 488. The van der Waals surface area contributed by atoms with Crippen LogP contribution in [-0.4, -0.2) is 4.98 Å². The zero-order valence-corrected chi connectivity index (χ0v) is 10.3. The minimum Gasteiger partial charge on any atom is -0.446 e. The predicted molar refractivity (Wildman–Crippen MR) is 64.7 cm³/mol. The average molecular weight is 215 g/mol. The van der Waals surface area contributed by atoms with E-state index in [4.69, 9.17) is 4.42 Å². The van der Waals surface area contributed by atoms with Crippen LogP contribution < -0.4 is 0 Å². The quantitative estimate of drug-likeness (QED) is 0.766. The van der Waals surface area contributed by atoms with Crippen LogP contribution in [0.2, 0.25) is 0 Å². The van der Waals surface area contributed by atoms with Crippen molar-refractivity contribution in [1.29, 1.82) is 0 Å². The molecule has 0 unspecified atom stereocenters. The van der Waals surface area contributed by atoms with Crippen LogP contribution in [-0.2, 0) is 6.42 Å². The highest BCUT2D eigenvalue weighted by Crippen LogP contribution is 2.19. The molecule has 0 atom stereocenters. The molecule has 0 saturated heterocycles. The molecule has 2 heteroatoms. The van der Waals surface area contributed by atoms with Crippen molar-refractivity contribution in [2.75, 3.05) is 0 Å². The molecule has 16 heavy (non-hydrogen) atoms. The highest BCUT2D eigenvalue weighted by molar-refractivity contribution is 5.38. The molecule has 0 aliphatic rings. The van der Waals surface area contributed by atoms with Crippen LogP contribution in [0.1, 0.15) is 33.9 Å². The van der Waals surface area contributed by atoms with Gasteiger partial charge in [-0.1, -0.05) is 17.7 Å². The third kappa shape index (κ3) is 2.16. The third-order valence-electron chi connectivity index (χ3n) is 2.84. The van der Waals surface area contributed by atoms with Crippen molar-refractivity contribution in [3.63, 3.8) is 0 Å². The SMILES string of the molecule is Cc1cc(C)c(Cc2ncc(C)o2)c(C)c1. The molecule has 1 aromatic heterocycles. The van der Waals surface area contributed by atoms with Crippen molar-refractivity contribution in [2.24, 2.45) is 0 Å². The molecule has 0 fully saturated rings. The molecule has 0 radical (unpaired) electrons. The van der Waals surface area contributed by atoms with Gasteiger partial charge < -0.3 is 4.42 Å². The molecule has 1 aromatic carbocycles. The van der Waals surface area contributed by atoms with E-state index in [1.165, 1.54) is 22.3 Å². The number of hydrogen-bond acceptors (Lipinski definition) is 2. The average Bonchev–Trinajstić information content (AvgIpc) is 2.58. The molecule has 2 aromatic rings. The summed E-state index contributed by atoms with van der Waals surface area (Å²) in [6.07, 6.45) is 2.56. The first-order valence-corrected chi connectivity index (χ1v) is 5.54. The molecule has 0 N–H and O–H groups in total. The van der Waals surface area contributed by atoms with E-state index < -0.39 is 0 Å². The summed E-state index contributed by atoms with van der Waals surface area (Å²) in [6, 6.07) is 4.41. The first-order valence-electron chi connectivity index (χ1n) is 5.54. The zero-order valence-electron chi connectivity index (χ0n) is 10.3. The van der Waals surface area contributed by atoms with Crippen molar-refractivity contribution in [1.82, 2.24) is 4.98 Å². The summed E-state index contributed by atoms with van der Waals surface area (Å²) < 4.78 is 5.52. The summed E-state index contributed by atoms with van der Waals surface area (Å²) in [4.78, 5) is 4.25. The van der Waals surface area contributed by atoms with Crippen molar-refractivity contribution < 1.29 is 4.42 Å². The highest BCUT2D eigenvalue weighted by atomic mass is 16.3. The lowest BCUT2D eigenvalue weighted by molar-refractivity contribution is 0.481. The van der Waals surface area contributed by atoms with E-state index in [1.54, 1.807) is 6.20 Å². The highest BCUT2D eigenvalue weighted by Gasteiger charge is 2.08. The topological polar surface area (TPSA) is 26.0 Å². The normalized spacial score (nSPS) is 10.8. The molecule has 1 heterocycles. The minimum atomic E-state index is 0.784. The van der Waals surface area contributed by atoms with E-state index in [9.17, 15) is 0 Å². The van der Waals surface area contributed by atoms with Crippen molar-refractivity contribution >= 4 is 0 Å². The van der Waals surface area contributed by atoms with Crippen LogP contribution in [0.25, 0.3) is 0 Å². The second kappa shape index (κ2) is 4.12. The van der Waals surface area contributed by atoms with Crippen LogP contribution in [0.5, 0.6) is 0 Å². The Labute approximate surface area is 96.3 Å². The number of aryl methyl sites for hydroxylation is 4. The Hall–Kier alpha value is -1.57. The van der Waals surface area contributed by atoms with Gasteiger partial charge in [-0.3, -0.25) is 0 Å². The first-order chi connectivity index (χ1) is 7.56. The van der Waals surface area contributed by atoms with Gasteiger partial charge in [-0.15, -0.1) is 0 Å².